The zero-order valence-corrected chi connectivity index (χ0v) is 17.1. The lowest BCUT2D eigenvalue weighted by atomic mass is 10.0. The molecule has 0 aliphatic rings. The molecule has 0 amide bonds. The Labute approximate surface area is 173 Å². The number of rotatable bonds is 6. The van der Waals surface area contributed by atoms with Crippen LogP contribution in [0.5, 0.6) is 0 Å². The van der Waals surface area contributed by atoms with Crippen LogP contribution >= 0.6 is 0 Å². The predicted molar refractivity (Wildman–Crippen MR) is 112 cm³/mol. The number of aromatic amines is 1. The van der Waals surface area contributed by atoms with Crippen LogP contribution in [0, 0.1) is 32.4 Å². The quantitative estimate of drug-likeness (QED) is 0.485. The van der Waals surface area contributed by atoms with E-state index in [1.165, 1.54) is 16.8 Å². The Balaban J connectivity index is 1.68. The van der Waals surface area contributed by atoms with E-state index in [-0.39, 0.29) is 5.69 Å². The summed E-state index contributed by atoms with van der Waals surface area (Å²) in [5, 5.41) is 15.3. The third-order valence-electron chi connectivity index (χ3n) is 5.24. The minimum absolute atomic E-state index is 0.207. The van der Waals surface area contributed by atoms with Gasteiger partial charge in [0.1, 0.15) is 11.5 Å². The molecule has 154 valence electrons. The summed E-state index contributed by atoms with van der Waals surface area (Å²) in [5.74, 6) is -1.27. The van der Waals surface area contributed by atoms with E-state index in [9.17, 15) is 8.78 Å². The molecule has 0 saturated heterocycles. The Hall–Kier alpha value is -3.32. The Kier molecular flexibility index (Phi) is 5.46. The third kappa shape index (κ3) is 3.89. The van der Waals surface area contributed by atoms with Crippen molar-refractivity contribution < 1.29 is 8.78 Å². The summed E-state index contributed by atoms with van der Waals surface area (Å²) < 4.78 is 29.2. The lowest BCUT2D eigenvalue weighted by Crippen LogP contribution is -2.14. The van der Waals surface area contributed by atoms with Crippen molar-refractivity contribution in [3.63, 3.8) is 0 Å². The first-order valence-corrected chi connectivity index (χ1v) is 9.75. The molecule has 30 heavy (non-hydrogen) atoms. The first kappa shape index (κ1) is 20.0. The van der Waals surface area contributed by atoms with E-state index in [1.54, 1.807) is 6.20 Å². The summed E-state index contributed by atoms with van der Waals surface area (Å²) in [6.07, 6.45) is 1.79. The number of benzene rings is 2. The van der Waals surface area contributed by atoms with Gasteiger partial charge in [0, 0.05) is 47.7 Å². The van der Waals surface area contributed by atoms with Crippen LogP contribution in [-0.4, -0.2) is 20.0 Å². The summed E-state index contributed by atoms with van der Waals surface area (Å²) in [7, 11) is 0. The van der Waals surface area contributed by atoms with Gasteiger partial charge in [-0.25, -0.2) is 13.5 Å². The molecule has 4 rings (SSSR count). The molecule has 7 heteroatoms. The number of aromatic nitrogens is 4. The maximum Gasteiger partial charge on any atom is 0.151 e. The van der Waals surface area contributed by atoms with Gasteiger partial charge in [0.25, 0.3) is 0 Å². The average molecular weight is 407 g/mol. The SMILES string of the molecule is Cc1ccccc1-c1nn(-c2ccc(F)cc2F)cc1CNCc1c(C)n[nH]c1C. The van der Waals surface area contributed by atoms with E-state index in [0.29, 0.717) is 13.1 Å². The second-order valence-corrected chi connectivity index (χ2v) is 7.37. The fraction of sp³-hybridized carbons (Fsp3) is 0.217. The molecular formula is C23H23F2N5. The van der Waals surface area contributed by atoms with E-state index in [0.717, 1.165) is 45.4 Å². The molecule has 0 bridgehead atoms. The van der Waals surface area contributed by atoms with Crippen LogP contribution in [0.15, 0.2) is 48.7 Å². The van der Waals surface area contributed by atoms with Crippen LogP contribution in [0.4, 0.5) is 8.78 Å². The molecule has 4 aromatic rings. The molecule has 0 aliphatic carbocycles. The Morgan fingerprint density at radius 1 is 1.03 bits per heavy atom. The highest BCUT2D eigenvalue weighted by molar-refractivity contribution is 5.66. The van der Waals surface area contributed by atoms with Crippen LogP contribution in [0.1, 0.15) is 28.1 Å². The summed E-state index contributed by atoms with van der Waals surface area (Å²) in [4.78, 5) is 0. The molecule has 2 aromatic heterocycles. The topological polar surface area (TPSA) is 58.5 Å². The minimum Gasteiger partial charge on any atom is -0.308 e. The van der Waals surface area contributed by atoms with Crippen molar-refractivity contribution >= 4 is 0 Å². The van der Waals surface area contributed by atoms with Crippen molar-refractivity contribution in [2.75, 3.05) is 0 Å². The smallest absolute Gasteiger partial charge is 0.151 e. The van der Waals surface area contributed by atoms with E-state index < -0.39 is 11.6 Å². The standard InChI is InChI=1S/C23H23F2N5/c1-14-6-4-5-7-19(14)23-17(11-26-12-20-15(2)27-28-16(20)3)13-30(29-23)22-9-8-18(24)10-21(22)25/h4-10,13,26H,11-12H2,1-3H3,(H,27,28). The molecule has 2 N–H and O–H groups in total. The summed E-state index contributed by atoms with van der Waals surface area (Å²) >= 11 is 0. The van der Waals surface area contributed by atoms with Crippen molar-refractivity contribution in [2.45, 2.75) is 33.9 Å². The molecule has 0 saturated carbocycles. The van der Waals surface area contributed by atoms with E-state index in [4.69, 9.17) is 0 Å². The van der Waals surface area contributed by atoms with Gasteiger partial charge in [0.05, 0.1) is 11.4 Å². The van der Waals surface area contributed by atoms with Gasteiger partial charge in [0.15, 0.2) is 5.82 Å². The summed E-state index contributed by atoms with van der Waals surface area (Å²) in [6, 6.07) is 11.4. The Morgan fingerprint density at radius 3 is 2.53 bits per heavy atom. The molecule has 0 atom stereocenters. The Bertz CT molecular complexity index is 1170. The van der Waals surface area contributed by atoms with Gasteiger partial charge in [-0.15, -0.1) is 0 Å². The second-order valence-electron chi connectivity index (χ2n) is 7.37. The molecule has 5 nitrogen and oxygen atoms in total. The van der Waals surface area contributed by atoms with Crippen molar-refractivity contribution in [2.24, 2.45) is 0 Å². The number of nitrogens with one attached hydrogen (secondary N) is 2. The molecule has 0 spiro atoms. The maximum absolute atomic E-state index is 14.4. The zero-order chi connectivity index (χ0) is 21.3. The van der Waals surface area contributed by atoms with Crippen LogP contribution in [0.2, 0.25) is 0 Å². The number of halogens is 2. The fourth-order valence-electron chi connectivity index (χ4n) is 3.55. The second kappa shape index (κ2) is 8.20. The first-order chi connectivity index (χ1) is 14.4. The molecular weight excluding hydrogens is 384 g/mol. The van der Waals surface area contributed by atoms with Crippen LogP contribution < -0.4 is 5.32 Å². The number of hydrogen-bond acceptors (Lipinski definition) is 3. The van der Waals surface area contributed by atoms with Gasteiger partial charge < -0.3 is 5.32 Å². The average Bonchev–Trinajstić information content (AvgIpc) is 3.26. The molecule has 0 radical (unpaired) electrons. The molecule has 2 aromatic carbocycles. The van der Waals surface area contributed by atoms with Crippen molar-refractivity contribution in [1.82, 2.24) is 25.3 Å². The maximum atomic E-state index is 14.4. The van der Waals surface area contributed by atoms with Gasteiger partial charge in [-0.1, -0.05) is 24.3 Å². The van der Waals surface area contributed by atoms with Gasteiger partial charge in [-0.2, -0.15) is 10.2 Å². The lowest BCUT2D eigenvalue weighted by Gasteiger charge is -2.07. The van der Waals surface area contributed by atoms with Crippen LogP contribution in [0.3, 0.4) is 0 Å². The van der Waals surface area contributed by atoms with Crippen LogP contribution in [-0.2, 0) is 13.1 Å². The van der Waals surface area contributed by atoms with Gasteiger partial charge in [-0.3, -0.25) is 5.10 Å². The predicted octanol–water partition coefficient (Wildman–Crippen LogP) is 4.76. The molecule has 0 aliphatic heterocycles. The lowest BCUT2D eigenvalue weighted by molar-refractivity contribution is 0.573. The first-order valence-electron chi connectivity index (χ1n) is 9.75. The molecule has 0 fully saturated rings. The summed E-state index contributed by atoms with van der Waals surface area (Å²) in [6.45, 7) is 7.16. The van der Waals surface area contributed by atoms with E-state index in [2.05, 4.69) is 20.6 Å². The Morgan fingerprint density at radius 2 is 1.83 bits per heavy atom. The van der Waals surface area contributed by atoms with E-state index in [1.807, 2.05) is 45.0 Å². The van der Waals surface area contributed by atoms with Crippen molar-refractivity contribution in [3.8, 4) is 16.9 Å². The minimum atomic E-state index is -0.655. The normalized spacial score (nSPS) is 11.2. The zero-order valence-electron chi connectivity index (χ0n) is 17.1. The fourth-order valence-corrected chi connectivity index (χ4v) is 3.55. The monoisotopic (exact) mass is 407 g/mol. The summed E-state index contributed by atoms with van der Waals surface area (Å²) in [5.41, 5.74) is 7.07. The van der Waals surface area contributed by atoms with Gasteiger partial charge in [0.2, 0.25) is 0 Å². The van der Waals surface area contributed by atoms with Gasteiger partial charge >= 0.3 is 0 Å². The van der Waals surface area contributed by atoms with Crippen molar-refractivity contribution in [1.29, 1.82) is 0 Å². The number of H-pyrrole nitrogens is 1. The largest absolute Gasteiger partial charge is 0.308 e. The van der Waals surface area contributed by atoms with Gasteiger partial charge in [-0.05, 0) is 38.5 Å². The number of hydrogen-bond donors (Lipinski definition) is 2. The van der Waals surface area contributed by atoms with Crippen LogP contribution in [0.25, 0.3) is 16.9 Å². The number of aryl methyl sites for hydroxylation is 3. The highest BCUT2D eigenvalue weighted by Gasteiger charge is 2.16. The highest BCUT2D eigenvalue weighted by atomic mass is 19.1. The molecule has 2 heterocycles. The highest BCUT2D eigenvalue weighted by Crippen LogP contribution is 2.27. The molecule has 0 unspecified atom stereocenters. The van der Waals surface area contributed by atoms with Crippen molar-refractivity contribution in [3.05, 3.63) is 88.4 Å². The number of nitrogens with zero attached hydrogens (tertiary/aromatic N) is 3. The van der Waals surface area contributed by atoms with E-state index >= 15 is 0 Å². The third-order valence-corrected chi connectivity index (χ3v) is 5.24.